The van der Waals surface area contributed by atoms with E-state index in [0.717, 1.165) is 11.8 Å². The number of alkyl halides is 3. The lowest BCUT2D eigenvalue weighted by molar-refractivity contribution is -0.137. The van der Waals surface area contributed by atoms with Gasteiger partial charge in [0, 0.05) is 0 Å². The second-order valence-electron chi connectivity index (χ2n) is 4.87. The molecule has 0 aliphatic carbocycles. The second-order valence-corrected chi connectivity index (χ2v) is 6.18. The smallest absolute Gasteiger partial charge is 0.405 e. The van der Waals surface area contributed by atoms with E-state index in [9.17, 15) is 18.0 Å². The van der Waals surface area contributed by atoms with Crippen molar-refractivity contribution in [3.8, 4) is 11.4 Å². The third-order valence-electron chi connectivity index (χ3n) is 2.95. The Morgan fingerprint density at radius 1 is 1.40 bits per heavy atom. The van der Waals surface area contributed by atoms with Gasteiger partial charge < -0.3 is 10.1 Å². The molecule has 0 saturated carbocycles. The highest BCUT2D eigenvalue weighted by Crippen LogP contribution is 2.28. The Bertz CT molecular complexity index is 722. The van der Waals surface area contributed by atoms with Gasteiger partial charge in [-0.15, -0.1) is 5.10 Å². The highest BCUT2D eigenvalue weighted by atomic mass is 32.2. The summed E-state index contributed by atoms with van der Waals surface area (Å²) < 4.78 is 43.5. The fourth-order valence-corrected chi connectivity index (χ4v) is 2.68. The maximum atomic E-state index is 12.2. The van der Waals surface area contributed by atoms with Gasteiger partial charge in [0.05, 0.1) is 11.9 Å². The standard InChI is InChI=1S/C14H16F3N5O2S/c1-3-24-11-7-5-4-6-10(11)22-13(19-20-21-22)25-9(2)12(23)18-8-14(15,16)17/h4-7,9H,3,8H2,1-2H3,(H,18,23). The average Bonchev–Trinajstić information content (AvgIpc) is 3.00. The first-order valence-electron chi connectivity index (χ1n) is 7.33. The van der Waals surface area contributed by atoms with Gasteiger partial charge >= 0.3 is 6.18 Å². The summed E-state index contributed by atoms with van der Waals surface area (Å²) in [5.41, 5.74) is 0.569. The first-order chi connectivity index (χ1) is 11.8. The molecule has 25 heavy (non-hydrogen) atoms. The van der Waals surface area contributed by atoms with Gasteiger partial charge in [0.2, 0.25) is 11.1 Å². The molecule has 0 fully saturated rings. The molecule has 1 unspecified atom stereocenters. The zero-order valence-corrected chi connectivity index (χ0v) is 14.3. The van der Waals surface area contributed by atoms with Crippen LogP contribution in [0.4, 0.5) is 13.2 Å². The van der Waals surface area contributed by atoms with Gasteiger partial charge in [-0.25, -0.2) is 0 Å². The van der Waals surface area contributed by atoms with Crippen LogP contribution in [-0.2, 0) is 4.79 Å². The summed E-state index contributed by atoms with van der Waals surface area (Å²) in [6.07, 6.45) is -4.46. The molecular formula is C14H16F3N5O2S. The van der Waals surface area contributed by atoms with Crippen molar-refractivity contribution in [3.63, 3.8) is 0 Å². The predicted octanol–water partition coefficient (Wildman–Crippen LogP) is 2.22. The SMILES string of the molecule is CCOc1ccccc1-n1nnnc1SC(C)C(=O)NCC(F)(F)F. The number of aromatic nitrogens is 4. The van der Waals surface area contributed by atoms with Crippen LogP contribution in [0.2, 0.25) is 0 Å². The molecule has 0 spiro atoms. The van der Waals surface area contributed by atoms with E-state index in [4.69, 9.17) is 4.74 Å². The van der Waals surface area contributed by atoms with Gasteiger partial charge in [-0.3, -0.25) is 4.79 Å². The van der Waals surface area contributed by atoms with Crippen molar-refractivity contribution in [2.45, 2.75) is 30.4 Å². The number of para-hydroxylation sites is 2. The first-order valence-corrected chi connectivity index (χ1v) is 8.21. The summed E-state index contributed by atoms with van der Waals surface area (Å²) in [7, 11) is 0. The van der Waals surface area contributed by atoms with E-state index in [1.54, 1.807) is 24.3 Å². The Hall–Kier alpha value is -2.30. The van der Waals surface area contributed by atoms with Crippen molar-refractivity contribution in [2.24, 2.45) is 0 Å². The highest BCUT2D eigenvalue weighted by molar-refractivity contribution is 8.00. The van der Waals surface area contributed by atoms with Crippen molar-refractivity contribution < 1.29 is 22.7 Å². The lowest BCUT2D eigenvalue weighted by Gasteiger charge is -2.14. The van der Waals surface area contributed by atoms with Crippen molar-refractivity contribution in [3.05, 3.63) is 24.3 Å². The number of tetrazole rings is 1. The molecular weight excluding hydrogens is 359 g/mol. The van der Waals surface area contributed by atoms with Crippen LogP contribution in [-0.4, -0.2) is 50.7 Å². The van der Waals surface area contributed by atoms with E-state index in [0.29, 0.717) is 18.0 Å². The van der Waals surface area contributed by atoms with Crippen LogP contribution in [0.5, 0.6) is 5.75 Å². The van der Waals surface area contributed by atoms with E-state index in [2.05, 4.69) is 15.5 Å². The minimum atomic E-state index is -4.46. The lowest BCUT2D eigenvalue weighted by Crippen LogP contribution is -2.38. The lowest BCUT2D eigenvalue weighted by atomic mass is 10.3. The normalized spacial score (nSPS) is 12.7. The molecule has 0 aliphatic heterocycles. The number of halogens is 3. The topological polar surface area (TPSA) is 81.9 Å². The summed E-state index contributed by atoms with van der Waals surface area (Å²) in [4.78, 5) is 11.8. The number of amides is 1. The summed E-state index contributed by atoms with van der Waals surface area (Å²) in [6.45, 7) is 2.37. The number of ether oxygens (including phenoxy) is 1. The van der Waals surface area contributed by atoms with Gasteiger partial charge in [-0.2, -0.15) is 17.9 Å². The van der Waals surface area contributed by atoms with E-state index >= 15 is 0 Å². The Morgan fingerprint density at radius 2 is 2.12 bits per heavy atom. The van der Waals surface area contributed by atoms with E-state index in [1.807, 2.05) is 12.2 Å². The molecule has 1 aromatic heterocycles. The van der Waals surface area contributed by atoms with E-state index in [-0.39, 0.29) is 5.16 Å². The number of carbonyl (C=O) groups excluding carboxylic acids is 1. The van der Waals surface area contributed by atoms with E-state index in [1.165, 1.54) is 11.6 Å². The number of rotatable bonds is 7. The Morgan fingerprint density at radius 3 is 2.80 bits per heavy atom. The van der Waals surface area contributed by atoms with Gasteiger partial charge in [0.1, 0.15) is 18.0 Å². The molecule has 0 aliphatic rings. The average molecular weight is 375 g/mol. The molecule has 0 saturated heterocycles. The minimum Gasteiger partial charge on any atom is -0.492 e. The number of hydrogen-bond donors (Lipinski definition) is 1. The summed E-state index contributed by atoms with van der Waals surface area (Å²) in [6, 6.07) is 7.04. The fraction of sp³-hybridized carbons (Fsp3) is 0.429. The number of hydrogen-bond acceptors (Lipinski definition) is 6. The van der Waals surface area contributed by atoms with Crippen LogP contribution in [0.25, 0.3) is 5.69 Å². The molecule has 136 valence electrons. The third kappa shape index (κ3) is 5.34. The van der Waals surface area contributed by atoms with Crippen LogP contribution < -0.4 is 10.1 Å². The number of nitrogens with one attached hydrogen (secondary N) is 1. The summed E-state index contributed by atoms with van der Waals surface area (Å²) >= 11 is 0.949. The molecule has 1 atom stereocenters. The number of thioether (sulfide) groups is 1. The molecule has 1 aromatic carbocycles. The predicted molar refractivity (Wildman–Crippen MR) is 84.7 cm³/mol. The number of benzene rings is 1. The van der Waals surface area contributed by atoms with Gasteiger partial charge in [0.15, 0.2) is 0 Å². The minimum absolute atomic E-state index is 0.266. The zero-order valence-electron chi connectivity index (χ0n) is 13.4. The molecule has 0 radical (unpaired) electrons. The summed E-state index contributed by atoms with van der Waals surface area (Å²) in [5.74, 6) is -0.205. The molecule has 2 aromatic rings. The quantitative estimate of drug-likeness (QED) is 0.748. The van der Waals surface area contributed by atoms with Crippen LogP contribution in [0.3, 0.4) is 0 Å². The van der Waals surface area contributed by atoms with Gasteiger partial charge in [0.25, 0.3) is 0 Å². The van der Waals surface area contributed by atoms with Crippen molar-refractivity contribution in [1.82, 2.24) is 25.5 Å². The molecule has 1 heterocycles. The van der Waals surface area contributed by atoms with E-state index < -0.39 is 23.9 Å². The largest absolute Gasteiger partial charge is 0.492 e. The molecule has 7 nitrogen and oxygen atoms in total. The fourth-order valence-electron chi connectivity index (χ4n) is 1.86. The zero-order chi connectivity index (χ0) is 18.4. The van der Waals surface area contributed by atoms with Crippen LogP contribution in [0.1, 0.15) is 13.8 Å². The maximum absolute atomic E-state index is 12.2. The van der Waals surface area contributed by atoms with Crippen LogP contribution >= 0.6 is 11.8 Å². The van der Waals surface area contributed by atoms with Gasteiger partial charge in [-0.05, 0) is 36.4 Å². The molecule has 1 amide bonds. The Kier molecular flexibility index (Phi) is 6.23. The monoisotopic (exact) mass is 375 g/mol. The maximum Gasteiger partial charge on any atom is 0.405 e. The number of nitrogens with zero attached hydrogens (tertiary/aromatic N) is 4. The second kappa shape index (κ2) is 8.19. The highest BCUT2D eigenvalue weighted by Gasteiger charge is 2.29. The third-order valence-corrected chi connectivity index (χ3v) is 3.98. The van der Waals surface area contributed by atoms with Crippen LogP contribution in [0, 0.1) is 0 Å². The Labute approximate surface area is 145 Å². The molecule has 11 heteroatoms. The van der Waals surface area contributed by atoms with Crippen molar-refractivity contribution >= 4 is 17.7 Å². The van der Waals surface area contributed by atoms with Crippen molar-refractivity contribution in [2.75, 3.05) is 13.2 Å². The number of carbonyl (C=O) groups is 1. The van der Waals surface area contributed by atoms with Crippen molar-refractivity contribution in [1.29, 1.82) is 0 Å². The first kappa shape index (κ1) is 19.0. The Balaban J connectivity index is 2.13. The molecule has 1 N–H and O–H groups in total. The van der Waals surface area contributed by atoms with Gasteiger partial charge in [-0.1, -0.05) is 23.9 Å². The summed E-state index contributed by atoms with van der Waals surface area (Å²) in [5, 5.41) is 12.6. The van der Waals surface area contributed by atoms with Crippen LogP contribution in [0.15, 0.2) is 29.4 Å². The molecule has 2 rings (SSSR count). The molecule has 0 bridgehead atoms.